The van der Waals surface area contributed by atoms with Crippen LogP contribution < -0.4 is 10.2 Å². The van der Waals surface area contributed by atoms with Crippen molar-refractivity contribution in [3.8, 4) is 0 Å². The van der Waals surface area contributed by atoms with E-state index >= 15 is 0 Å². The number of benzene rings is 1. The minimum atomic E-state index is -0.461. The van der Waals surface area contributed by atoms with Crippen molar-refractivity contribution in [2.75, 3.05) is 4.90 Å². The van der Waals surface area contributed by atoms with Crippen molar-refractivity contribution in [3.63, 3.8) is 0 Å². The fourth-order valence-corrected chi connectivity index (χ4v) is 3.23. The second-order valence-corrected chi connectivity index (χ2v) is 6.55. The smallest absolute Gasteiger partial charge is 0.250 e. The minimum absolute atomic E-state index is 0.0185. The van der Waals surface area contributed by atoms with Gasteiger partial charge in [0.05, 0.1) is 0 Å². The number of hydrogen-bond donors (Lipinski definition) is 1. The average molecular weight is 337 g/mol. The van der Waals surface area contributed by atoms with E-state index in [1.54, 1.807) is 11.8 Å². The van der Waals surface area contributed by atoms with Gasteiger partial charge in [-0.05, 0) is 56.4 Å². The molecule has 1 heterocycles. The van der Waals surface area contributed by atoms with Gasteiger partial charge in [-0.15, -0.1) is 0 Å². The summed E-state index contributed by atoms with van der Waals surface area (Å²) < 4.78 is 0.971. The molecule has 1 N–H and O–H groups in total. The van der Waals surface area contributed by atoms with Crippen LogP contribution in [0.25, 0.3) is 0 Å². The zero-order chi connectivity index (χ0) is 14.4. The van der Waals surface area contributed by atoms with Crippen LogP contribution >= 0.6 is 15.9 Å². The third-order valence-corrected chi connectivity index (χ3v) is 4.57. The third-order valence-electron chi connectivity index (χ3n) is 4.08. The highest BCUT2D eigenvalue weighted by atomic mass is 79.9. The third kappa shape index (κ3) is 2.24. The number of nitrogens with zero attached hydrogens (tertiary/aromatic N) is 1. The first-order valence-electron chi connectivity index (χ1n) is 6.88. The number of nitrogens with one attached hydrogen (secondary N) is 1. The van der Waals surface area contributed by atoms with Crippen molar-refractivity contribution in [2.24, 2.45) is 5.92 Å². The van der Waals surface area contributed by atoms with Crippen molar-refractivity contribution in [3.05, 3.63) is 28.2 Å². The molecule has 106 valence electrons. The molecule has 1 saturated heterocycles. The van der Waals surface area contributed by atoms with E-state index in [1.165, 1.54) is 0 Å². The van der Waals surface area contributed by atoms with Crippen LogP contribution in [0.5, 0.6) is 0 Å². The van der Waals surface area contributed by atoms with Crippen LogP contribution in [-0.4, -0.2) is 23.9 Å². The monoisotopic (exact) mass is 336 g/mol. The van der Waals surface area contributed by atoms with Crippen molar-refractivity contribution < 1.29 is 9.59 Å². The number of piperazine rings is 1. The average Bonchev–Trinajstić information content (AvgIpc) is 3.21. The predicted octanol–water partition coefficient (Wildman–Crippen LogP) is 2.39. The molecule has 0 bridgehead atoms. The summed E-state index contributed by atoms with van der Waals surface area (Å²) in [6, 6.07) is 4.96. The van der Waals surface area contributed by atoms with E-state index in [2.05, 4.69) is 21.2 Å². The lowest BCUT2D eigenvalue weighted by Gasteiger charge is -2.38. The van der Waals surface area contributed by atoms with Crippen LogP contribution in [0.4, 0.5) is 5.69 Å². The molecular weight excluding hydrogens is 320 g/mol. The Morgan fingerprint density at radius 2 is 2.00 bits per heavy atom. The second kappa shape index (κ2) is 4.88. The number of carbonyl (C=O) groups is 2. The number of halogens is 1. The van der Waals surface area contributed by atoms with E-state index in [0.29, 0.717) is 5.92 Å². The SMILES string of the molecule is Cc1cc(Br)ccc1N1C(=O)C(C2CC2)NC(=O)C1C. The van der Waals surface area contributed by atoms with E-state index in [-0.39, 0.29) is 17.9 Å². The summed E-state index contributed by atoms with van der Waals surface area (Å²) in [6.07, 6.45) is 2.05. The normalized spacial score (nSPS) is 26.6. The standard InChI is InChI=1S/C15H17BrN2O2/c1-8-7-11(16)5-6-12(8)18-9(2)14(19)17-13(15(18)20)10-3-4-10/h5-7,9-10,13H,3-4H2,1-2H3,(H,17,19). The number of rotatable bonds is 2. The highest BCUT2D eigenvalue weighted by Crippen LogP contribution is 2.37. The molecule has 2 fully saturated rings. The maximum atomic E-state index is 12.7. The summed E-state index contributed by atoms with van der Waals surface area (Å²) in [7, 11) is 0. The first-order chi connectivity index (χ1) is 9.49. The molecule has 5 heteroatoms. The topological polar surface area (TPSA) is 49.4 Å². The fourth-order valence-electron chi connectivity index (χ4n) is 2.76. The van der Waals surface area contributed by atoms with Gasteiger partial charge in [0.1, 0.15) is 12.1 Å². The van der Waals surface area contributed by atoms with Crippen LogP contribution in [0.1, 0.15) is 25.3 Å². The molecule has 2 aliphatic rings. The van der Waals surface area contributed by atoms with E-state index in [4.69, 9.17) is 0 Å². The quantitative estimate of drug-likeness (QED) is 0.901. The molecule has 0 radical (unpaired) electrons. The minimum Gasteiger partial charge on any atom is -0.342 e. The predicted molar refractivity (Wildman–Crippen MR) is 80.5 cm³/mol. The Labute approximate surface area is 126 Å². The van der Waals surface area contributed by atoms with Crippen molar-refractivity contribution in [1.29, 1.82) is 0 Å². The van der Waals surface area contributed by atoms with Crippen LogP contribution in [0.3, 0.4) is 0 Å². The maximum Gasteiger partial charge on any atom is 0.250 e. The van der Waals surface area contributed by atoms with E-state index in [1.807, 2.05) is 25.1 Å². The Morgan fingerprint density at radius 1 is 1.30 bits per heavy atom. The maximum absolute atomic E-state index is 12.7. The van der Waals surface area contributed by atoms with Crippen molar-refractivity contribution in [2.45, 2.75) is 38.8 Å². The number of aryl methyl sites for hydroxylation is 1. The van der Waals surface area contributed by atoms with Gasteiger partial charge in [0.25, 0.3) is 5.91 Å². The van der Waals surface area contributed by atoms with Gasteiger partial charge in [0.15, 0.2) is 0 Å². The van der Waals surface area contributed by atoms with Gasteiger partial charge in [0, 0.05) is 10.2 Å². The van der Waals surface area contributed by atoms with Crippen molar-refractivity contribution in [1.82, 2.24) is 5.32 Å². The van der Waals surface area contributed by atoms with Gasteiger partial charge in [-0.3, -0.25) is 14.5 Å². The first kappa shape index (κ1) is 13.6. The lowest BCUT2D eigenvalue weighted by Crippen LogP contribution is -2.63. The van der Waals surface area contributed by atoms with Gasteiger partial charge < -0.3 is 5.32 Å². The molecule has 1 aromatic rings. The van der Waals surface area contributed by atoms with Gasteiger partial charge in [-0.1, -0.05) is 15.9 Å². The first-order valence-corrected chi connectivity index (χ1v) is 7.68. The second-order valence-electron chi connectivity index (χ2n) is 5.64. The van der Waals surface area contributed by atoms with Gasteiger partial charge >= 0.3 is 0 Å². The molecule has 1 aromatic carbocycles. The summed E-state index contributed by atoms with van der Waals surface area (Å²) in [5, 5.41) is 2.87. The highest BCUT2D eigenvalue weighted by molar-refractivity contribution is 9.10. The molecular formula is C15H17BrN2O2. The zero-order valence-electron chi connectivity index (χ0n) is 11.5. The van der Waals surface area contributed by atoms with Gasteiger partial charge in [-0.25, -0.2) is 0 Å². The van der Waals surface area contributed by atoms with Crippen LogP contribution in [0, 0.1) is 12.8 Å². The molecule has 2 unspecified atom stereocenters. The van der Waals surface area contributed by atoms with Gasteiger partial charge in [0.2, 0.25) is 5.91 Å². The summed E-state index contributed by atoms with van der Waals surface area (Å²) in [4.78, 5) is 26.5. The fraction of sp³-hybridized carbons (Fsp3) is 0.467. The molecule has 0 spiro atoms. The molecule has 1 aliphatic carbocycles. The summed E-state index contributed by atoms with van der Waals surface area (Å²) in [5.74, 6) is 0.269. The summed E-state index contributed by atoms with van der Waals surface area (Å²) >= 11 is 3.42. The molecule has 2 amide bonds. The van der Waals surface area contributed by atoms with E-state index in [0.717, 1.165) is 28.6 Å². The van der Waals surface area contributed by atoms with Gasteiger partial charge in [-0.2, -0.15) is 0 Å². The summed E-state index contributed by atoms with van der Waals surface area (Å²) in [5.41, 5.74) is 1.81. The number of anilines is 1. The van der Waals surface area contributed by atoms with Crippen LogP contribution in [0.15, 0.2) is 22.7 Å². The molecule has 1 saturated carbocycles. The molecule has 3 rings (SSSR count). The molecule has 2 atom stereocenters. The number of amides is 2. The molecule has 1 aliphatic heterocycles. The van der Waals surface area contributed by atoms with Crippen LogP contribution in [0.2, 0.25) is 0 Å². The number of carbonyl (C=O) groups excluding carboxylic acids is 2. The Bertz CT molecular complexity index is 583. The Kier molecular flexibility index (Phi) is 3.32. The Hall–Kier alpha value is -1.36. The van der Waals surface area contributed by atoms with Crippen LogP contribution in [-0.2, 0) is 9.59 Å². The lowest BCUT2D eigenvalue weighted by molar-refractivity contribution is -0.134. The number of hydrogen-bond acceptors (Lipinski definition) is 2. The van der Waals surface area contributed by atoms with E-state index < -0.39 is 6.04 Å². The van der Waals surface area contributed by atoms with Crippen molar-refractivity contribution >= 4 is 33.4 Å². The molecule has 0 aromatic heterocycles. The lowest BCUT2D eigenvalue weighted by atomic mass is 10.0. The Morgan fingerprint density at radius 3 is 2.60 bits per heavy atom. The zero-order valence-corrected chi connectivity index (χ0v) is 13.1. The van der Waals surface area contributed by atoms with E-state index in [9.17, 15) is 9.59 Å². The Balaban J connectivity index is 1.99. The summed E-state index contributed by atoms with van der Waals surface area (Å²) in [6.45, 7) is 3.73. The molecule has 20 heavy (non-hydrogen) atoms. The largest absolute Gasteiger partial charge is 0.342 e. The molecule has 4 nitrogen and oxygen atoms in total. The highest BCUT2D eigenvalue weighted by Gasteiger charge is 2.46.